The first kappa shape index (κ1) is 12.9. The van der Waals surface area contributed by atoms with Crippen LogP contribution < -0.4 is 5.32 Å². The predicted octanol–water partition coefficient (Wildman–Crippen LogP) is 2.06. The first-order valence-electron chi connectivity index (χ1n) is 5.83. The van der Waals surface area contributed by atoms with Crippen molar-refractivity contribution in [1.29, 1.82) is 0 Å². The fourth-order valence-electron chi connectivity index (χ4n) is 2.16. The highest BCUT2D eigenvalue weighted by molar-refractivity contribution is 6.21. The van der Waals surface area contributed by atoms with Crippen molar-refractivity contribution in [2.24, 2.45) is 5.92 Å². The number of aromatic nitrogens is 1. The zero-order valence-corrected chi connectivity index (χ0v) is 10.4. The molecule has 0 aromatic carbocycles. The van der Waals surface area contributed by atoms with Gasteiger partial charge in [0.25, 0.3) is 11.6 Å². The lowest BCUT2D eigenvalue weighted by atomic mass is 10.1. The van der Waals surface area contributed by atoms with E-state index in [4.69, 9.17) is 11.6 Å². The molecule has 7 heteroatoms. The molecule has 0 radical (unpaired) electrons. The van der Waals surface area contributed by atoms with E-state index < -0.39 is 4.92 Å². The zero-order chi connectivity index (χ0) is 13.1. The number of aromatic amines is 1. The third-order valence-corrected chi connectivity index (χ3v) is 3.79. The highest BCUT2D eigenvalue weighted by Crippen LogP contribution is 2.29. The summed E-state index contributed by atoms with van der Waals surface area (Å²) in [5, 5.41) is 13.3. The maximum absolute atomic E-state index is 11.7. The van der Waals surface area contributed by atoms with Crippen LogP contribution in [-0.2, 0) is 0 Å². The van der Waals surface area contributed by atoms with Gasteiger partial charge in [0, 0.05) is 18.0 Å². The van der Waals surface area contributed by atoms with Crippen molar-refractivity contribution in [1.82, 2.24) is 10.3 Å². The van der Waals surface area contributed by atoms with E-state index in [1.807, 2.05) is 0 Å². The van der Waals surface area contributed by atoms with Crippen molar-refractivity contribution in [2.45, 2.75) is 24.6 Å². The van der Waals surface area contributed by atoms with Gasteiger partial charge in [0.15, 0.2) is 0 Å². The molecule has 2 unspecified atom stereocenters. The summed E-state index contributed by atoms with van der Waals surface area (Å²) in [6, 6.07) is 1.22. The Morgan fingerprint density at radius 2 is 2.39 bits per heavy atom. The summed E-state index contributed by atoms with van der Waals surface area (Å²) in [5.41, 5.74) is 0.0852. The van der Waals surface area contributed by atoms with Crippen molar-refractivity contribution in [2.75, 3.05) is 6.54 Å². The number of carbonyl (C=O) groups excluding carboxylic acids is 1. The predicted molar refractivity (Wildman–Crippen MR) is 66.8 cm³/mol. The second kappa shape index (κ2) is 5.39. The number of nitro groups is 1. The van der Waals surface area contributed by atoms with E-state index in [2.05, 4.69) is 10.3 Å². The second-order valence-corrected chi connectivity index (χ2v) is 5.01. The summed E-state index contributed by atoms with van der Waals surface area (Å²) in [6.45, 7) is 0.514. The molecule has 2 N–H and O–H groups in total. The van der Waals surface area contributed by atoms with Gasteiger partial charge in [-0.15, -0.1) is 11.6 Å². The Kier molecular flexibility index (Phi) is 3.86. The number of nitrogens with one attached hydrogen (secondary N) is 2. The third kappa shape index (κ3) is 2.81. The Hall–Kier alpha value is -1.56. The zero-order valence-electron chi connectivity index (χ0n) is 9.69. The standard InChI is InChI=1S/C11H14ClN3O3/c12-9-3-1-2-7(9)5-14-11(16)10-4-8(6-13-10)15(17)18/h4,6-7,9,13H,1-3,5H2,(H,14,16). The molecule has 1 fully saturated rings. The normalized spacial score (nSPS) is 22.9. The van der Waals surface area contributed by atoms with Gasteiger partial charge in [0.1, 0.15) is 5.69 Å². The molecule has 2 rings (SSSR count). The van der Waals surface area contributed by atoms with E-state index in [0.717, 1.165) is 19.3 Å². The summed E-state index contributed by atoms with van der Waals surface area (Å²) >= 11 is 6.10. The number of hydrogen-bond donors (Lipinski definition) is 2. The average Bonchev–Trinajstić information content (AvgIpc) is 2.94. The number of H-pyrrole nitrogens is 1. The number of rotatable bonds is 4. The molecule has 0 aliphatic heterocycles. The van der Waals surface area contributed by atoms with Crippen molar-refractivity contribution in [3.63, 3.8) is 0 Å². The van der Waals surface area contributed by atoms with Crippen molar-refractivity contribution < 1.29 is 9.72 Å². The van der Waals surface area contributed by atoms with E-state index in [1.165, 1.54) is 12.3 Å². The van der Waals surface area contributed by atoms with Crippen molar-refractivity contribution >= 4 is 23.2 Å². The fraction of sp³-hybridized carbons (Fsp3) is 0.545. The topological polar surface area (TPSA) is 88.0 Å². The molecule has 0 spiro atoms. The van der Waals surface area contributed by atoms with Crippen LogP contribution in [0.25, 0.3) is 0 Å². The summed E-state index contributed by atoms with van der Waals surface area (Å²) in [4.78, 5) is 24.3. The van der Waals surface area contributed by atoms with E-state index >= 15 is 0 Å². The molecule has 1 amide bonds. The minimum absolute atomic E-state index is 0.114. The van der Waals surface area contributed by atoms with Crippen LogP contribution in [0.1, 0.15) is 29.8 Å². The minimum atomic E-state index is -0.543. The van der Waals surface area contributed by atoms with Gasteiger partial charge in [-0.1, -0.05) is 6.42 Å². The van der Waals surface area contributed by atoms with E-state index in [9.17, 15) is 14.9 Å². The molecule has 1 aromatic rings. The molecule has 2 atom stereocenters. The lowest BCUT2D eigenvalue weighted by Gasteiger charge is -2.13. The first-order chi connectivity index (χ1) is 8.58. The molecular weight excluding hydrogens is 258 g/mol. The number of hydrogen-bond acceptors (Lipinski definition) is 3. The van der Waals surface area contributed by atoms with Crippen molar-refractivity contribution in [3.8, 4) is 0 Å². The van der Waals surface area contributed by atoms with Gasteiger partial charge in [-0.3, -0.25) is 14.9 Å². The lowest BCUT2D eigenvalue weighted by Crippen LogP contribution is -2.31. The maximum Gasteiger partial charge on any atom is 0.287 e. The van der Waals surface area contributed by atoms with E-state index in [-0.39, 0.29) is 22.7 Å². The van der Waals surface area contributed by atoms with Crippen LogP contribution in [0.15, 0.2) is 12.3 Å². The van der Waals surface area contributed by atoms with Crippen LogP contribution in [0.2, 0.25) is 0 Å². The Morgan fingerprint density at radius 1 is 1.61 bits per heavy atom. The van der Waals surface area contributed by atoms with Gasteiger partial charge in [0.05, 0.1) is 11.1 Å². The first-order valence-corrected chi connectivity index (χ1v) is 6.26. The Balaban J connectivity index is 1.89. The molecule has 18 heavy (non-hydrogen) atoms. The van der Waals surface area contributed by atoms with Crippen LogP contribution >= 0.6 is 11.6 Å². The summed E-state index contributed by atoms with van der Waals surface area (Å²) in [7, 11) is 0. The number of nitrogens with zero attached hydrogens (tertiary/aromatic N) is 1. The molecule has 1 heterocycles. The largest absolute Gasteiger partial charge is 0.351 e. The molecular formula is C11H14ClN3O3. The quantitative estimate of drug-likeness (QED) is 0.499. The summed E-state index contributed by atoms with van der Waals surface area (Å²) in [6.07, 6.45) is 4.28. The maximum atomic E-state index is 11.7. The highest BCUT2D eigenvalue weighted by Gasteiger charge is 2.25. The van der Waals surface area contributed by atoms with Crippen LogP contribution in [0, 0.1) is 16.0 Å². The van der Waals surface area contributed by atoms with Gasteiger partial charge in [-0.05, 0) is 18.8 Å². The summed E-state index contributed by atoms with van der Waals surface area (Å²) < 4.78 is 0. The number of halogens is 1. The molecule has 1 aliphatic carbocycles. The number of alkyl halides is 1. The molecule has 1 saturated carbocycles. The Morgan fingerprint density at radius 3 is 2.94 bits per heavy atom. The molecule has 6 nitrogen and oxygen atoms in total. The Bertz CT molecular complexity index is 460. The van der Waals surface area contributed by atoms with E-state index in [1.54, 1.807) is 0 Å². The SMILES string of the molecule is O=C(NCC1CCCC1Cl)c1cc([N+](=O)[O-])c[nH]1. The second-order valence-electron chi connectivity index (χ2n) is 4.45. The molecule has 1 aromatic heterocycles. The monoisotopic (exact) mass is 271 g/mol. The third-order valence-electron chi connectivity index (χ3n) is 3.21. The number of carbonyl (C=O) groups is 1. The van der Waals surface area contributed by atoms with Crippen molar-refractivity contribution in [3.05, 3.63) is 28.1 Å². The van der Waals surface area contributed by atoms with Crippen LogP contribution in [-0.4, -0.2) is 27.7 Å². The van der Waals surface area contributed by atoms with Crippen LogP contribution in [0.5, 0.6) is 0 Å². The summed E-state index contributed by atoms with van der Waals surface area (Å²) in [5.74, 6) is -0.0422. The molecule has 98 valence electrons. The average molecular weight is 272 g/mol. The lowest BCUT2D eigenvalue weighted by molar-refractivity contribution is -0.384. The fourth-order valence-corrected chi connectivity index (χ4v) is 2.53. The smallest absolute Gasteiger partial charge is 0.287 e. The van der Waals surface area contributed by atoms with Gasteiger partial charge >= 0.3 is 0 Å². The highest BCUT2D eigenvalue weighted by atomic mass is 35.5. The van der Waals surface area contributed by atoms with Crippen LogP contribution in [0.3, 0.4) is 0 Å². The number of amides is 1. The molecule has 1 aliphatic rings. The van der Waals surface area contributed by atoms with Gasteiger partial charge in [0.2, 0.25) is 0 Å². The molecule has 0 saturated heterocycles. The van der Waals surface area contributed by atoms with Gasteiger partial charge in [-0.25, -0.2) is 0 Å². The minimum Gasteiger partial charge on any atom is -0.351 e. The molecule has 0 bridgehead atoms. The van der Waals surface area contributed by atoms with E-state index in [0.29, 0.717) is 12.5 Å². The Labute approximate surface area is 109 Å². The van der Waals surface area contributed by atoms with Gasteiger partial charge in [-0.2, -0.15) is 0 Å². The van der Waals surface area contributed by atoms with Gasteiger partial charge < -0.3 is 10.3 Å². The van der Waals surface area contributed by atoms with Crippen LogP contribution in [0.4, 0.5) is 5.69 Å².